The van der Waals surface area contributed by atoms with Crippen molar-refractivity contribution in [2.24, 2.45) is 5.73 Å². The fraction of sp³-hybridized carbons (Fsp3) is 0.235. The number of nitrogens with two attached hydrogens (primary N) is 1. The van der Waals surface area contributed by atoms with Gasteiger partial charge >= 0.3 is 0 Å². The van der Waals surface area contributed by atoms with Gasteiger partial charge in [0.05, 0.1) is 11.5 Å². The van der Waals surface area contributed by atoms with Gasteiger partial charge in [0.15, 0.2) is 0 Å². The second-order valence-electron chi connectivity index (χ2n) is 5.10. The number of amides is 1. The van der Waals surface area contributed by atoms with Gasteiger partial charge in [0.25, 0.3) is 10.1 Å². The molecule has 0 saturated heterocycles. The van der Waals surface area contributed by atoms with E-state index < -0.39 is 16.0 Å². The minimum atomic E-state index is -3.82. The number of benzene rings is 2. The van der Waals surface area contributed by atoms with Crippen LogP contribution in [0.4, 0.5) is 0 Å². The Morgan fingerprint density at radius 1 is 1.04 bits per heavy atom. The predicted octanol–water partition coefficient (Wildman–Crippen LogP) is 3.05. The van der Waals surface area contributed by atoms with Crippen LogP contribution in [0.25, 0.3) is 11.1 Å². The molecule has 0 fully saturated rings. The molecule has 5 nitrogen and oxygen atoms in total. The van der Waals surface area contributed by atoms with Gasteiger partial charge in [-0.25, -0.2) is 0 Å². The number of hydrogen-bond donors (Lipinski definition) is 1. The van der Waals surface area contributed by atoms with E-state index in [2.05, 4.69) is 0 Å². The van der Waals surface area contributed by atoms with E-state index in [9.17, 15) is 13.2 Å². The largest absolute Gasteiger partial charge is 0.370 e. The van der Waals surface area contributed by atoms with Crippen LogP contribution >= 0.6 is 11.8 Å². The average molecular weight is 365 g/mol. The molecule has 0 heterocycles. The maximum absolute atomic E-state index is 12.1. The molecule has 0 aliphatic rings. The zero-order valence-electron chi connectivity index (χ0n) is 13.3. The maximum Gasteiger partial charge on any atom is 0.296 e. The number of hydrogen-bond acceptors (Lipinski definition) is 5. The van der Waals surface area contributed by atoms with Crippen molar-refractivity contribution in [2.45, 2.75) is 22.6 Å². The maximum atomic E-state index is 12.1. The van der Waals surface area contributed by atoms with Crippen LogP contribution in [0.15, 0.2) is 58.3 Å². The zero-order valence-corrected chi connectivity index (χ0v) is 14.9. The Kier molecular flexibility index (Phi) is 6.42. The van der Waals surface area contributed by atoms with E-state index in [0.717, 1.165) is 11.1 Å². The summed E-state index contributed by atoms with van der Waals surface area (Å²) in [5, 5.41) is 0. The lowest BCUT2D eigenvalue weighted by Gasteiger charge is -2.07. The highest BCUT2D eigenvalue weighted by Gasteiger charge is 2.15. The second-order valence-corrected chi connectivity index (χ2v) is 7.59. The van der Waals surface area contributed by atoms with E-state index in [-0.39, 0.29) is 24.3 Å². The summed E-state index contributed by atoms with van der Waals surface area (Å²) in [5.41, 5.74) is 6.94. The van der Waals surface area contributed by atoms with E-state index in [4.69, 9.17) is 9.92 Å². The Morgan fingerprint density at radius 2 is 1.58 bits per heavy atom. The smallest absolute Gasteiger partial charge is 0.296 e. The van der Waals surface area contributed by atoms with E-state index in [1.54, 1.807) is 23.9 Å². The Balaban J connectivity index is 2.05. The molecule has 0 saturated carbocycles. The van der Waals surface area contributed by atoms with Gasteiger partial charge in [-0.05, 0) is 48.1 Å². The molecule has 2 aromatic carbocycles. The number of carbonyl (C=O) groups excluding carboxylic acids is 1. The topological polar surface area (TPSA) is 86.5 Å². The predicted molar refractivity (Wildman–Crippen MR) is 95.2 cm³/mol. The third-order valence-electron chi connectivity index (χ3n) is 3.37. The van der Waals surface area contributed by atoms with E-state index >= 15 is 0 Å². The minimum absolute atomic E-state index is 0.0663. The molecule has 0 aliphatic heterocycles. The van der Waals surface area contributed by atoms with Crippen molar-refractivity contribution in [3.8, 4) is 11.1 Å². The standard InChI is InChI=1S/C17H19NO4S2/c1-23-15-8-4-13(5-9-15)14-6-10-16(11-7-14)24(20,21)22-12-2-3-17(18)19/h4-11H,2-3,12H2,1H3,(H2,18,19). The molecule has 24 heavy (non-hydrogen) atoms. The first-order chi connectivity index (χ1) is 11.4. The fourth-order valence-electron chi connectivity index (χ4n) is 2.08. The van der Waals surface area contributed by atoms with Crippen LogP contribution in [-0.4, -0.2) is 27.2 Å². The van der Waals surface area contributed by atoms with Crippen LogP contribution in [0.1, 0.15) is 12.8 Å². The Bertz CT molecular complexity index is 784. The van der Waals surface area contributed by atoms with Gasteiger partial charge in [0, 0.05) is 11.3 Å². The van der Waals surface area contributed by atoms with Gasteiger partial charge in [-0.15, -0.1) is 11.8 Å². The minimum Gasteiger partial charge on any atom is -0.370 e. The Morgan fingerprint density at radius 3 is 2.08 bits per heavy atom. The molecule has 2 rings (SSSR count). The van der Waals surface area contributed by atoms with Gasteiger partial charge in [0.1, 0.15) is 0 Å². The number of thioether (sulfide) groups is 1. The lowest BCUT2D eigenvalue weighted by Crippen LogP contribution is -2.13. The molecule has 0 atom stereocenters. The number of rotatable bonds is 8. The normalized spacial score (nSPS) is 11.4. The first kappa shape index (κ1) is 18.5. The molecule has 0 aliphatic carbocycles. The second kappa shape index (κ2) is 8.32. The molecule has 2 aromatic rings. The molecule has 2 N–H and O–H groups in total. The number of carbonyl (C=O) groups is 1. The molecule has 0 spiro atoms. The zero-order chi connectivity index (χ0) is 17.6. The molecule has 1 amide bonds. The van der Waals surface area contributed by atoms with Crippen molar-refractivity contribution in [3.63, 3.8) is 0 Å². The molecule has 7 heteroatoms. The highest BCUT2D eigenvalue weighted by Crippen LogP contribution is 2.24. The highest BCUT2D eigenvalue weighted by molar-refractivity contribution is 7.98. The lowest BCUT2D eigenvalue weighted by atomic mass is 10.1. The summed E-state index contributed by atoms with van der Waals surface area (Å²) in [4.78, 5) is 11.9. The average Bonchev–Trinajstić information content (AvgIpc) is 2.59. The quantitative estimate of drug-likeness (QED) is 0.441. The van der Waals surface area contributed by atoms with Crippen LogP contribution in [-0.2, 0) is 19.1 Å². The first-order valence-corrected chi connectivity index (χ1v) is 9.98. The summed E-state index contributed by atoms with van der Waals surface area (Å²) in [6.45, 7) is -0.0663. The van der Waals surface area contributed by atoms with E-state index in [0.29, 0.717) is 0 Å². The van der Waals surface area contributed by atoms with Crippen molar-refractivity contribution in [3.05, 3.63) is 48.5 Å². The van der Waals surface area contributed by atoms with Crippen LogP contribution in [0.2, 0.25) is 0 Å². The Labute approximate surface area is 146 Å². The molecule has 0 radical (unpaired) electrons. The van der Waals surface area contributed by atoms with Crippen molar-refractivity contribution in [1.29, 1.82) is 0 Å². The molecule has 0 unspecified atom stereocenters. The Hall–Kier alpha value is -1.83. The van der Waals surface area contributed by atoms with Crippen molar-refractivity contribution in [2.75, 3.05) is 12.9 Å². The summed E-state index contributed by atoms with van der Waals surface area (Å²) < 4.78 is 29.0. The number of primary amides is 1. The van der Waals surface area contributed by atoms with Gasteiger partial charge in [-0.1, -0.05) is 24.3 Å². The van der Waals surface area contributed by atoms with Gasteiger partial charge in [0.2, 0.25) is 5.91 Å². The highest BCUT2D eigenvalue weighted by atomic mass is 32.2. The summed E-state index contributed by atoms with van der Waals surface area (Å²) in [5.74, 6) is -0.479. The van der Waals surface area contributed by atoms with Crippen LogP contribution in [0.5, 0.6) is 0 Å². The molecule has 0 bridgehead atoms. The van der Waals surface area contributed by atoms with Crippen LogP contribution in [0, 0.1) is 0 Å². The van der Waals surface area contributed by atoms with Gasteiger partial charge in [-0.3, -0.25) is 8.98 Å². The summed E-state index contributed by atoms with van der Waals surface area (Å²) in [6, 6.07) is 14.5. The van der Waals surface area contributed by atoms with Crippen LogP contribution < -0.4 is 5.73 Å². The first-order valence-electron chi connectivity index (χ1n) is 7.34. The molecular formula is C17H19NO4S2. The monoisotopic (exact) mass is 365 g/mol. The molecule has 128 valence electrons. The van der Waals surface area contributed by atoms with Crippen molar-refractivity contribution >= 4 is 27.8 Å². The molecule has 0 aromatic heterocycles. The van der Waals surface area contributed by atoms with E-state index in [1.807, 2.05) is 30.5 Å². The molecular weight excluding hydrogens is 346 g/mol. The van der Waals surface area contributed by atoms with Crippen molar-refractivity contribution < 1.29 is 17.4 Å². The van der Waals surface area contributed by atoms with E-state index in [1.165, 1.54) is 17.0 Å². The summed E-state index contributed by atoms with van der Waals surface area (Å²) in [7, 11) is -3.82. The summed E-state index contributed by atoms with van der Waals surface area (Å²) >= 11 is 1.66. The summed E-state index contributed by atoms with van der Waals surface area (Å²) in [6.07, 6.45) is 2.38. The lowest BCUT2D eigenvalue weighted by molar-refractivity contribution is -0.118. The van der Waals surface area contributed by atoms with Gasteiger partial charge < -0.3 is 5.73 Å². The SMILES string of the molecule is CSc1ccc(-c2ccc(S(=O)(=O)OCCCC(N)=O)cc2)cc1. The fourth-order valence-corrected chi connectivity index (χ4v) is 3.43. The van der Waals surface area contributed by atoms with Crippen molar-refractivity contribution in [1.82, 2.24) is 0 Å². The van der Waals surface area contributed by atoms with Crippen LogP contribution in [0.3, 0.4) is 0 Å². The third-order valence-corrected chi connectivity index (χ3v) is 5.44. The van der Waals surface area contributed by atoms with Gasteiger partial charge in [-0.2, -0.15) is 8.42 Å². The third kappa shape index (κ3) is 5.09.